The summed E-state index contributed by atoms with van der Waals surface area (Å²) >= 11 is 0. The first-order valence-electron chi connectivity index (χ1n) is 20.4. The van der Waals surface area contributed by atoms with Crippen LogP contribution in [0.3, 0.4) is 0 Å². The lowest BCUT2D eigenvalue weighted by Gasteiger charge is -2.36. The molecule has 15 heteroatoms. The van der Waals surface area contributed by atoms with Gasteiger partial charge in [-0.2, -0.15) is 0 Å². The number of hydrogen-bond donors (Lipinski definition) is 6. The molecule has 0 spiro atoms. The Balaban J connectivity index is 0.00000214. The molecule has 0 unspecified atom stereocenters. The first-order chi connectivity index (χ1) is 28.2. The Bertz CT molecular complexity index is 2020. The van der Waals surface area contributed by atoms with E-state index in [4.69, 9.17) is 40.9 Å². The van der Waals surface area contributed by atoms with E-state index in [1.807, 2.05) is 69.3 Å². The normalized spacial score (nSPS) is 20.4. The van der Waals surface area contributed by atoms with Gasteiger partial charge in [-0.15, -0.1) is 0 Å². The highest BCUT2D eigenvalue weighted by atomic mass is 19.1. The zero-order valence-electron chi connectivity index (χ0n) is 34.6. The number of carbonyl (C=O) groups is 2. The number of benzene rings is 2. The predicted octanol–water partition coefficient (Wildman–Crippen LogP) is 7.01. The average Bonchev–Trinajstić information content (AvgIpc) is 3.20. The molecule has 3 atom stereocenters. The number of pyridine rings is 1. The molecule has 3 heterocycles. The molecule has 59 heavy (non-hydrogen) atoms. The van der Waals surface area contributed by atoms with Gasteiger partial charge < -0.3 is 30.5 Å². The molecule has 2 aromatic carbocycles. The minimum Gasteiger partial charge on any atom is -0.492 e. The number of nitrogens with one attached hydrogen (secondary N) is 4. The van der Waals surface area contributed by atoms with E-state index < -0.39 is 12.2 Å². The van der Waals surface area contributed by atoms with Gasteiger partial charge >= 0.3 is 6.03 Å². The van der Waals surface area contributed by atoms with E-state index in [2.05, 4.69) is 27.4 Å². The number of hydrogen-bond acceptors (Lipinski definition) is 9. The van der Waals surface area contributed by atoms with Crippen molar-refractivity contribution in [2.24, 2.45) is 16.1 Å². The van der Waals surface area contributed by atoms with Crippen LogP contribution in [-0.2, 0) is 4.79 Å². The first-order valence-corrected chi connectivity index (χ1v) is 20.4. The molecule has 6 rings (SSSR count). The number of likely N-dealkylation sites (tertiary alicyclic amines) is 2. The Morgan fingerprint density at radius 2 is 1.73 bits per heavy atom. The maximum absolute atomic E-state index is 13.7. The molecule has 318 valence electrons. The van der Waals surface area contributed by atoms with Crippen LogP contribution >= 0.6 is 0 Å². The van der Waals surface area contributed by atoms with E-state index in [0.717, 1.165) is 56.6 Å². The number of piperidine rings is 2. The van der Waals surface area contributed by atoms with E-state index in [9.17, 15) is 9.18 Å². The molecule has 0 saturated carbocycles. The number of ether oxygens (including phenoxy) is 2. The Labute approximate surface area is 346 Å². The summed E-state index contributed by atoms with van der Waals surface area (Å²) < 4.78 is 27.7. The third-order valence-corrected chi connectivity index (χ3v) is 10.9. The maximum atomic E-state index is 13.7. The minimum atomic E-state index is -0.706. The van der Waals surface area contributed by atoms with Gasteiger partial charge in [-0.25, -0.2) is 14.2 Å². The fourth-order valence-corrected chi connectivity index (χ4v) is 7.43. The lowest BCUT2D eigenvalue weighted by molar-refractivity contribution is -0.122. The van der Waals surface area contributed by atoms with Crippen LogP contribution in [0, 0.1) is 16.2 Å². The lowest BCUT2D eigenvalue weighted by atomic mass is 9.85. The third kappa shape index (κ3) is 12.6. The van der Waals surface area contributed by atoms with E-state index in [0.29, 0.717) is 61.0 Å². The van der Waals surface area contributed by atoms with Crippen LogP contribution in [0.2, 0.25) is 0 Å². The smallest absolute Gasteiger partial charge is 0.320 e. The molecule has 1 aromatic heterocycles. The van der Waals surface area contributed by atoms with Gasteiger partial charge in [-0.3, -0.25) is 30.4 Å². The molecule has 0 bridgehead atoms. The van der Waals surface area contributed by atoms with Crippen molar-refractivity contribution in [3.05, 3.63) is 95.2 Å². The number of alkyl halides is 1. The molecule has 2 aliphatic heterocycles. The fourth-order valence-electron chi connectivity index (χ4n) is 7.43. The van der Waals surface area contributed by atoms with Gasteiger partial charge in [0.1, 0.15) is 41.7 Å². The largest absolute Gasteiger partial charge is 0.492 e. The summed E-state index contributed by atoms with van der Waals surface area (Å²) in [5, 5.41) is 30.4. The highest BCUT2D eigenvalue weighted by Crippen LogP contribution is 2.38. The molecule has 3 aromatic rings. The number of amides is 2. The lowest BCUT2D eigenvalue weighted by Crippen LogP contribution is -2.47. The SMILES string of the molecule is C[C@H]1CCCCN1C(=N)n1cc(O[C@@H]2CC[C@H](NC(=O)NC(/C=C(\N)C(C)(C)C)=Nc3cccc(OCCN4CCC(F)CC4)c3)c3ccccc32)ccc1=N.O=CO. The van der Waals surface area contributed by atoms with Gasteiger partial charge in [-0.05, 0) is 87.3 Å². The number of nitrogens with zero attached hydrogens (tertiary/aromatic N) is 4. The number of amidine groups is 1. The van der Waals surface area contributed by atoms with Crippen molar-refractivity contribution in [3.63, 3.8) is 0 Å². The Morgan fingerprint density at radius 1 is 1.00 bits per heavy atom. The molecule has 2 amide bonds. The van der Waals surface area contributed by atoms with E-state index in [1.54, 1.807) is 29.0 Å². The van der Waals surface area contributed by atoms with Crippen LogP contribution in [0.4, 0.5) is 14.9 Å². The molecule has 0 radical (unpaired) electrons. The number of aromatic nitrogens is 1. The predicted molar refractivity (Wildman–Crippen MR) is 227 cm³/mol. The van der Waals surface area contributed by atoms with Crippen molar-refractivity contribution in [1.82, 2.24) is 25.0 Å². The fraction of sp³-hybridized carbons (Fsp3) is 0.477. The standard InChI is InChI=1S/C43H58FN9O3.CH2O2/c1-29-10-7-8-21-52(29)41(47)53-28-33(15-18-39(53)46)56-37-17-16-36(34-13-5-6-14-35(34)37)49-42(54)50-40(27-38(45)43(2,3)4)48-31-11-9-12-32(26-31)55-25-24-51-22-19-30(44)20-23-51;2-1-3/h5-6,9,11-15,18,26-30,36-37,46-47H,7-8,10,16-17,19-25,45H2,1-4H3,(H2,48,49,50,54);1H,(H,2,3)/b38-27-,46-39?,47-41?;/t29-,36-,37+;/m0./s1. The summed E-state index contributed by atoms with van der Waals surface area (Å²) in [6, 6.07) is 18.4. The topological polar surface area (TPSA) is 194 Å². The quantitative estimate of drug-likeness (QED) is 0.0754. The van der Waals surface area contributed by atoms with Crippen LogP contribution in [-0.4, -0.2) is 88.8 Å². The number of allylic oxidation sites excluding steroid dienone is 1. The molecular formula is C44H60FN9O5. The van der Waals surface area contributed by atoms with Gasteiger partial charge in [-0.1, -0.05) is 51.1 Å². The van der Waals surface area contributed by atoms with Crippen LogP contribution in [0.25, 0.3) is 0 Å². The number of carbonyl (C=O) groups excluding carboxylic acids is 1. The average molecular weight is 814 g/mol. The Morgan fingerprint density at radius 3 is 2.44 bits per heavy atom. The number of urea groups is 1. The summed E-state index contributed by atoms with van der Waals surface area (Å²) in [7, 11) is 0. The summed E-state index contributed by atoms with van der Waals surface area (Å²) in [6.07, 6.45) is 8.07. The molecule has 2 saturated heterocycles. The highest BCUT2D eigenvalue weighted by Gasteiger charge is 2.30. The van der Waals surface area contributed by atoms with E-state index in [1.165, 1.54) is 0 Å². The summed E-state index contributed by atoms with van der Waals surface area (Å²) in [5.41, 5.74) is 9.43. The van der Waals surface area contributed by atoms with Crippen molar-refractivity contribution >= 4 is 30.0 Å². The summed E-state index contributed by atoms with van der Waals surface area (Å²) in [5.74, 6) is 1.81. The van der Waals surface area contributed by atoms with Crippen molar-refractivity contribution in [1.29, 1.82) is 10.8 Å². The van der Waals surface area contributed by atoms with Crippen LogP contribution in [0.1, 0.15) is 95.9 Å². The van der Waals surface area contributed by atoms with Crippen molar-refractivity contribution in [3.8, 4) is 11.5 Å². The van der Waals surface area contributed by atoms with Gasteiger partial charge in [0.15, 0.2) is 0 Å². The second-order valence-corrected chi connectivity index (χ2v) is 16.3. The molecular weight excluding hydrogens is 754 g/mol. The molecule has 2 fully saturated rings. The number of aliphatic imine (C=N–C) groups is 1. The molecule has 3 aliphatic rings. The maximum Gasteiger partial charge on any atom is 0.320 e. The zero-order valence-corrected chi connectivity index (χ0v) is 34.6. The van der Waals surface area contributed by atoms with Crippen molar-refractivity contribution in [2.75, 3.05) is 32.8 Å². The summed E-state index contributed by atoms with van der Waals surface area (Å²) in [6.45, 7) is 11.3. The third-order valence-electron chi connectivity index (χ3n) is 10.9. The highest BCUT2D eigenvalue weighted by molar-refractivity contribution is 6.05. The molecule has 1 aliphatic carbocycles. The number of nitrogens with two attached hydrogens (primary N) is 1. The second-order valence-electron chi connectivity index (χ2n) is 16.3. The number of carboxylic acid groups (broad SMARTS) is 1. The van der Waals surface area contributed by atoms with Gasteiger partial charge in [0, 0.05) is 55.5 Å². The van der Waals surface area contributed by atoms with Crippen molar-refractivity contribution < 1.29 is 28.6 Å². The second kappa shape index (κ2) is 20.8. The first kappa shape index (κ1) is 44.4. The van der Waals surface area contributed by atoms with E-state index in [-0.39, 0.29) is 41.5 Å². The molecule has 14 nitrogen and oxygen atoms in total. The van der Waals surface area contributed by atoms with Gasteiger partial charge in [0.05, 0.1) is 17.9 Å². The van der Waals surface area contributed by atoms with Gasteiger partial charge in [0.25, 0.3) is 6.47 Å². The Hall–Kier alpha value is -5.70. The zero-order chi connectivity index (χ0) is 42.5. The monoisotopic (exact) mass is 813 g/mol. The minimum absolute atomic E-state index is 0.227. The summed E-state index contributed by atoms with van der Waals surface area (Å²) in [4.78, 5) is 31.1. The number of halogens is 1. The Kier molecular flexibility index (Phi) is 15.7. The van der Waals surface area contributed by atoms with E-state index >= 15 is 0 Å². The van der Waals surface area contributed by atoms with Crippen LogP contribution in [0.15, 0.2) is 83.6 Å². The van der Waals surface area contributed by atoms with Crippen LogP contribution in [0.5, 0.6) is 11.5 Å². The molecule has 7 N–H and O–H groups in total. The number of fused-ring (bicyclic) bond motifs is 1. The van der Waals surface area contributed by atoms with Gasteiger partial charge in [0.2, 0.25) is 5.96 Å². The van der Waals surface area contributed by atoms with Crippen LogP contribution < -0.4 is 31.3 Å². The van der Waals surface area contributed by atoms with Crippen molar-refractivity contribution in [2.45, 2.75) is 97.0 Å². The number of rotatable bonds is 9.